The predicted octanol–water partition coefficient (Wildman–Crippen LogP) is -1.21. The van der Waals surface area contributed by atoms with E-state index >= 15 is 0 Å². The maximum Gasteiger partial charge on any atom is 0.395 e. The Morgan fingerprint density at radius 2 is 2.11 bits per heavy atom. The van der Waals surface area contributed by atoms with Gasteiger partial charge >= 0.3 is 11.9 Å². The van der Waals surface area contributed by atoms with Crippen LogP contribution in [-0.2, 0) is 9.59 Å². The van der Waals surface area contributed by atoms with Gasteiger partial charge in [0.1, 0.15) is 0 Å². The molecule has 9 heavy (non-hydrogen) atoms. The first-order chi connectivity index (χ1) is 4.09. The Balaban J connectivity index is 3.88. The van der Waals surface area contributed by atoms with E-state index in [0.29, 0.717) is 5.01 Å². The number of amides is 1. The van der Waals surface area contributed by atoms with Crippen LogP contribution in [0.3, 0.4) is 0 Å². The van der Waals surface area contributed by atoms with Crippen LogP contribution in [0.1, 0.15) is 6.92 Å². The molecule has 0 aliphatic rings. The first-order valence-corrected chi connectivity index (χ1v) is 2.39. The van der Waals surface area contributed by atoms with Gasteiger partial charge in [-0.05, 0) is 6.92 Å². The lowest BCUT2D eigenvalue weighted by Crippen LogP contribution is -2.41. The van der Waals surface area contributed by atoms with Gasteiger partial charge in [0.25, 0.3) is 0 Å². The number of nitrogens with zero attached hydrogens (tertiary/aromatic N) is 1. The molecule has 5 nitrogen and oxygen atoms in total. The molecular weight excluding hydrogens is 124 g/mol. The van der Waals surface area contributed by atoms with Crippen LogP contribution in [-0.4, -0.2) is 28.5 Å². The molecule has 0 bridgehead atoms. The van der Waals surface area contributed by atoms with Crippen molar-refractivity contribution in [1.29, 1.82) is 0 Å². The molecule has 0 rings (SSSR count). The van der Waals surface area contributed by atoms with Gasteiger partial charge in [0.15, 0.2) is 0 Å². The molecule has 0 aliphatic carbocycles. The Kier molecular flexibility index (Phi) is 2.66. The topological polar surface area (TPSA) is 83.6 Å². The number of carbonyl (C=O) groups is 2. The largest absolute Gasteiger partial charge is 0.474 e. The molecule has 5 heteroatoms. The molecular formula is C4H8N2O3. The average Bonchev–Trinajstić information content (AvgIpc) is 1.84. The second-order valence-corrected chi connectivity index (χ2v) is 1.40. The number of carboxylic acid groups (broad SMARTS) is 1. The molecule has 0 aromatic heterocycles. The monoisotopic (exact) mass is 132 g/mol. The Bertz CT molecular complexity index is 134. The fourth-order valence-electron chi connectivity index (χ4n) is 0.266. The maximum absolute atomic E-state index is 10.3. The summed E-state index contributed by atoms with van der Waals surface area (Å²) in [7, 11) is 0. The van der Waals surface area contributed by atoms with E-state index in [2.05, 4.69) is 0 Å². The number of likely N-dealkylation sites (N-methyl/N-ethyl adjacent to an activating group) is 1. The zero-order valence-corrected chi connectivity index (χ0v) is 5.00. The maximum atomic E-state index is 10.3. The Morgan fingerprint density at radius 1 is 1.67 bits per heavy atom. The van der Waals surface area contributed by atoms with E-state index in [1.165, 1.54) is 0 Å². The molecule has 0 aromatic carbocycles. The molecule has 0 saturated heterocycles. The molecule has 1 amide bonds. The van der Waals surface area contributed by atoms with Gasteiger partial charge < -0.3 is 5.11 Å². The molecule has 52 valence electrons. The molecule has 0 heterocycles. The summed E-state index contributed by atoms with van der Waals surface area (Å²) in [4.78, 5) is 20.1. The lowest BCUT2D eigenvalue weighted by Gasteiger charge is -2.08. The number of carboxylic acids is 1. The highest BCUT2D eigenvalue weighted by atomic mass is 16.4. The zero-order chi connectivity index (χ0) is 7.44. The average molecular weight is 132 g/mol. The van der Waals surface area contributed by atoms with Crippen LogP contribution in [0.2, 0.25) is 0 Å². The van der Waals surface area contributed by atoms with Gasteiger partial charge in [0.2, 0.25) is 0 Å². The molecule has 3 N–H and O–H groups in total. The molecule has 0 aromatic rings. The third-order valence-corrected chi connectivity index (χ3v) is 0.785. The van der Waals surface area contributed by atoms with Gasteiger partial charge in [0.05, 0.1) is 0 Å². The van der Waals surface area contributed by atoms with Crippen LogP contribution >= 0.6 is 0 Å². The standard InChI is InChI=1S/C4H8N2O3/c1-2-6(5)3(7)4(8)9/h2,5H2,1H3,(H,8,9). The summed E-state index contributed by atoms with van der Waals surface area (Å²) in [6, 6.07) is 0. The van der Waals surface area contributed by atoms with E-state index in [1.54, 1.807) is 6.92 Å². The van der Waals surface area contributed by atoms with Crippen molar-refractivity contribution in [2.75, 3.05) is 6.54 Å². The summed E-state index contributed by atoms with van der Waals surface area (Å²) in [6.45, 7) is 1.78. The van der Waals surface area contributed by atoms with Gasteiger partial charge in [-0.25, -0.2) is 10.6 Å². The lowest BCUT2D eigenvalue weighted by molar-refractivity contribution is -0.155. The number of hydrazine groups is 1. The number of hydrogen-bond acceptors (Lipinski definition) is 3. The molecule has 0 saturated carbocycles. The summed E-state index contributed by atoms with van der Waals surface area (Å²) in [6.07, 6.45) is 0. The van der Waals surface area contributed by atoms with Gasteiger partial charge in [-0.2, -0.15) is 0 Å². The number of carbonyl (C=O) groups excluding carboxylic acids is 1. The number of hydrogen-bond donors (Lipinski definition) is 2. The van der Waals surface area contributed by atoms with E-state index in [4.69, 9.17) is 10.9 Å². The van der Waals surface area contributed by atoms with Crippen LogP contribution in [0.5, 0.6) is 0 Å². The van der Waals surface area contributed by atoms with Gasteiger partial charge in [-0.1, -0.05) is 0 Å². The van der Waals surface area contributed by atoms with Crippen LogP contribution in [0.25, 0.3) is 0 Å². The van der Waals surface area contributed by atoms with Crippen molar-refractivity contribution >= 4 is 11.9 Å². The zero-order valence-electron chi connectivity index (χ0n) is 5.00. The number of nitrogens with two attached hydrogens (primary N) is 1. The smallest absolute Gasteiger partial charge is 0.395 e. The fraction of sp³-hybridized carbons (Fsp3) is 0.500. The second-order valence-electron chi connectivity index (χ2n) is 1.40. The Labute approximate surface area is 52.0 Å². The van der Waals surface area contributed by atoms with Crippen molar-refractivity contribution in [3.8, 4) is 0 Å². The highest BCUT2D eigenvalue weighted by Gasteiger charge is 2.15. The third kappa shape index (κ3) is 2.09. The molecule has 0 spiro atoms. The van der Waals surface area contributed by atoms with Crippen molar-refractivity contribution in [2.24, 2.45) is 5.84 Å². The van der Waals surface area contributed by atoms with E-state index in [1.807, 2.05) is 0 Å². The fourth-order valence-corrected chi connectivity index (χ4v) is 0.266. The highest BCUT2D eigenvalue weighted by Crippen LogP contribution is 1.77. The van der Waals surface area contributed by atoms with Crippen molar-refractivity contribution in [2.45, 2.75) is 6.92 Å². The molecule has 0 radical (unpaired) electrons. The number of aliphatic carboxylic acids is 1. The van der Waals surface area contributed by atoms with E-state index < -0.39 is 11.9 Å². The second kappa shape index (κ2) is 3.03. The predicted molar refractivity (Wildman–Crippen MR) is 29.2 cm³/mol. The summed E-state index contributed by atoms with van der Waals surface area (Å²) in [5.74, 6) is 2.31. The van der Waals surface area contributed by atoms with E-state index in [0.717, 1.165) is 0 Å². The molecule has 0 atom stereocenters. The minimum Gasteiger partial charge on any atom is -0.474 e. The summed E-state index contributed by atoms with van der Waals surface area (Å²) >= 11 is 0. The first-order valence-electron chi connectivity index (χ1n) is 2.39. The Morgan fingerprint density at radius 3 is 2.22 bits per heavy atom. The van der Waals surface area contributed by atoms with Gasteiger partial charge in [-0.3, -0.25) is 9.80 Å². The number of rotatable bonds is 1. The highest BCUT2D eigenvalue weighted by molar-refractivity contribution is 6.31. The normalized spacial score (nSPS) is 8.67. The lowest BCUT2D eigenvalue weighted by atomic mass is 10.5. The van der Waals surface area contributed by atoms with E-state index in [9.17, 15) is 9.59 Å². The van der Waals surface area contributed by atoms with Crippen molar-refractivity contribution in [1.82, 2.24) is 5.01 Å². The summed E-state index contributed by atoms with van der Waals surface area (Å²) in [5, 5.41) is 8.64. The van der Waals surface area contributed by atoms with Crippen molar-refractivity contribution in [3.05, 3.63) is 0 Å². The van der Waals surface area contributed by atoms with Crippen molar-refractivity contribution in [3.63, 3.8) is 0 Å². The van der Waals surface area contributed by atoms with Crippen molar-refractivity contribution < 1.29 is 14.7 Å². The summed E-state index contributed by atoms with van der Waals surface area (Å²) in [5.41, 5.74) is 0. The summed E-state index contributed by atoms with van der Waals surface area (Å²) < 4.78 is 0. The van der Waals surface area contributed by atoms with Gasteiger partial charge in [0, 0.05) is 6.54 Å². The van der Waals surface area contributed by atoms with Crippen LogP contribution in [0, 0.1) is 0 Å². The molecule has 0 fully saturated rings. The minimum atomic E-state index is -1.53. The van der Waals surface area contributed by atoms with Crippen LogP contribution in [0.4, 0.5) is 0 Å². The van der Waals surface area contributed by atoms with Gasteiger partial charge in [-0.15, -0.1) is 0 Å². The quantitative estimate of drug-likeness (QED) is 0.203. The first kappa shape index (κ1) is 7.90. The molecule has 0 unspecified atom stereocenters. The molecule has 0 aliphatic heterocycles. The minimum absolute atomic E-state index is 0.200. The van der Waals surface area contributed by atoms with Crippen LogP contribution < -0.4 is 5.84 Å². The Hall–Kier alpha value is -1.10. The van der Waals surface area contributed by atoms with Crippen LogP contribution in [0.15, 0.2) is 0 Å². The third-order valence-electron chi connectivity index (χ3n) is 0.785. The SMILES string of the molecule is CCN(N)C(=O)C(=O)O. The van der Waals surface area contributed by atoms with E-state index in [-0.39, 0.29) is 6.54 Å².